The van der Waals surface area contributed by atoms with Crippen molar-refractivity contribution in [1.82, 2.24) is 10.2 Å². The lowest BCUT2D eigenvalue weighted by Crippen LogP contribution is -2.51. The first kappa shape index (κ1) is 13.2. The number of carboxylic acids is 1. The summed E-state index contributed by atoms with van der Waals surface area (Å²) in [6.07, 6.45) is 0.832. The second kappa shape index (κ2) is 5.43. The molecule has 1 saturated heterocycles. The van der Waals surface area contributed by atoms with Crippen molar-refractivity contribution in [3.63, 3.8) is 0 Å². The number of rotatable bonds is 3. The Morgan fingerprint density at radius 3 is 2.75 bits per heavy atom. The van der Waals surface area contributed by atoms with Gasteiger partial charge in [0.05, 0.1) is 5.37 Å². The summed E-state index contributed by atoms with van der Waals surface area (Å²) in [5, 5.41) is 11.7. The fourth-order valence-electron chi connectivity index (χ4n) is 1.53. The van der Waals surface area contributed by atoms with E-state index in [9.17, 15) is 9.59 Å². The maximum atomic E-state index is 11.9. The average Bonchev–Trinajstić information content (AvgIpc) is 2.59. The van der Waals surface area contributed by atoms with Crippen LogP contribution < -0.4 is 5.32 Å². The first-order valence-corrected chi connectivity index (χ1v) is 6.45. The summed E-state index contributed by atoms with van der Waals surface area (Å²) in [5.74, 6) is -0.471. The summed E-state index contributed by atoms with van der Waals surface area (Å²) in [4.78, 5) is 24.3. The molecule has 2 N–H and O–H groups in total. The third-order valence-corrected chi connectivity index (χ3v) is 3.94. The van der Waals surface area contributed by atoms with Crippen molar-refractivity contribution < 1.29 is 14.7 Å². The van der Waals surface area contributed by atoms with Gasteiger partial charge in [0.25, 0.3) is 0 Å². The number of amides is 2. The molecule has 16 heavy (non-hydrogen) atoms. The van der Waals surface area contributed by atoms with E-state index in [4.69, 9.17) is 5.11 Å². The van der Waals surface area contributed by atoms with Crippen molar-refractivity contribution in [3.8, 4) is 0 Å². The van der Waals surface area contributed by atoms with Crippen LogP contribution in [0.15, 0.2) is 0 Å². The zero-order chi connectivity index (χ0) is 12.3. The maximum Gasteiger partial charge on any atom is 0.327 e. The first-order valence-electron chi connectivity index (χ1n) is 5.40. The van der Waals surface area contributed by atoms with E-state index in [1.54, 1.807) is 0 Å². The molecule has 1 fully saturated rings. The highest BCUT2D eigenvalue weighted by molar-refractivity contribution is 8.00. The largest absolute Gasteiger partial charge is 0.480 e. The molecule has 1 rings (SSSR count). The van der Waals surface area contributed by atoms with Crippen molar-refractivity contribution >= 4 is 23.8 Å². The maximum absolute atomic E-state index is 11.9. The third kappa shape index (κ3) is 2.81. The van der Waals surface area contributed by atoms with Gasteiger partial charge in [0.2, 0.25) is 0 Å². The molecule has 0 radical (unpaired) electrons. The van der Waals surface area contributed by atoms with E-state index >= 15 is 0 Å². The Morgan fingerprint density at radius 2 is 2.25 bits per heavy atom. The molecule has 0 aromatic heterocycles. The number of aliphatic carboxylic acids is 1. The summed E-state index contributed by atoms with van der Waals surface area (Å²) in [6, 6.07) is -0.914. The van der Waals surface area contributed by atoms with Crippen LogP contribution in [-0.4, -0.2) is 45.2 Å². The topological polar surface area (TPSA) is 69.6 Å². The van der Waals surface area contributed by atoms with Crippen LogP contribution >= 0.6 is 11.8 Å². The third-order valence-electron chi connectivity index (χ3n) is 2.72. The van der Waals surface area contributed by atoms with Crippen LogP contribution in [0, 0.1) is 0 Å². The second-order valence-electron chi connectivity index (χ2n) is 3.95. The van der Waals surface area contributed by atoms with E-state index in [1.165, 1.54) is 16.7 Å². The summed E-state index contributed by atoms with van der Waals surface area (Å²) >= 11 is 1.49. The van der Waals surface area contributed by atoms with Crippen molar-refractivity contribution in [2.45, 2.75) is 44.6 Å². The highest BCUT2D eigenvalue weighted by atomic mass is 32.2. The molecule has 0 bridgehead atoms. The van der Waals surface area contributed by atoms with Crippen LogP contribution in [0.2, 0.25) is 0 Å². The van der Waals surface area contributed by atoms with Gasteiger partial charge in [-0.05, 0) is 20.3 Å². The number of nitrogens with zero attached hydrogens (tertiary/aromatic N) is 1. The minimum absolute atomic E-state index is 0.0692. The molecule has 0 saturated carbocycles. The Morgan fingerprint density at radius 1 is 1.62 bits per heavy atom. The molecule has 5 nitrogen and oxygen atoms in total. The highest BCUT2D eigenvalue weighted by Crippen LogP contribution is 2.28. The van der Waals surface area contributed by atoms with Crippen molar-refractivity contribution in [1.29, 1.82) is 0 Å². The molecule has 0 aromatic rings. The van der Waals surface area contributed by atoms with Gasteiger partial charge in [-0.2, -0.15) is 0 Å². The average molecular weight is 246 g/mol. The number of thioether (sulfide) groups is 1. The molecule has 1 aliphatic heterocycles. The number of carbonyl (C=O) groups is 2. The minimum atomic E-state index is -0.934. The SMILES string of the molecule is CCC(C)NC(=O)N1C(C)SCC1C(=O)O. The van der Waals surface area contributed by atoms with Gasteiger partial charge in [0.1, 0.15) is 6.04 Å². The Labute approximate surface area is 99.6 Å². The highest BCUT2D eigenvalue weighted by Gasteiger charge is 2.39. The zero-order valence-corrected chi connectivity index (χ0v) is 10.6. The molecule has 1 aliphatic rings. The van der Waals surface area contributed by atoms with E-state index in [0.717, 1.165) is 6.42 Å². The molecular formula is C10H18N2O3S. The Kier molecular flexibility index (Phi) is 4.46. The van der Waals surface area contributed by atoms with Gasteiger partial charge in [-0.15, -0.1) is 11.8 Å². The summed E-state index contributed by atoms with van der Waals surface area (Å²) < 4.78 is 0. The fourth-order valence-corrected chi connectivity index (χ4v) is 2.70. The lowest BCUT2D eigenvalue weighted by molar-refractivity contribution is -0.141. The van der Waals surface area contributed by atoms with E-state index in [0.29, 0.717) is 5.75 Å². The van der Waals surface area contributed by atoms with Crippen molar-refractivity contribution in [2.24, 2.45) is 0 Å². The lowest BCUT2D eigenvalue weighted by Gasteiger charge is -2.26. The molecular weight excluding hydrogens is 228 g/mol. The van der Waals surface area contributed by atoms with Gasteiger partial charge in [0.15, 0.2) is 0 Å². The Hall–Kier alpha value is -0.910. The first-order chi connectivity index (χ1) is 7.47. The Bertz CT molecular complexity index is 285. The minimum Gasteiger partial charge on any atom is -0.480 e. The van der Waals surface area contributed by atoms with Crippen LogP contribution in [0.3, 0.4) is 0 Å². The zero-order valence-electron chi connectivity index (χ0n) is 9.77. The van der Waals surface area contributed by atoms with Gasteiger partial charge in [-0.1, -0.05) is 6.92 Å². The second-order valence-corrected chi connectivity index (χ2v) is 5.30. The molecule has 1 heterocycles. The smallest absolute Gasteiger partial charge is 0.327 e. The van der Waals surface area contributed by atoms with Crippen LogP contribution in [0.4, 0.5) is 4.79 Å². The van der Waals surface area contributed by atoms with E-state index in [2.05, 4.69) is 5.32 Å². The quantitative estimate of drug-likeness (QED) is 0.788. The molecule has 0 aromatic carbocycles. The number of nitrogens with one attached hydrogen (secondary N) is 1. The predicted octanol–water partition coefficient (Wildman–Crippen LogP) is 1.34. The summed E-state index contributed by atoms with van der Waals surface area (Å²) in [5.41, 5.74) is 0. The van der Waals surface area contributed by atoms with Crippen LogP contribution in [-0.2, 0) is 4.79 Å². The van der Waals surface area contributed by atoms with Crippen LogP contribution in [0.25, 0.3) is 0 Å². The summed E-state index contributed by atoms with van der Waals surface area (Å²) in [7, 11) is 0. The molecule has 0 spiro atoms. The van der Waals surface area contributed by atoms with Gasteiger partial charge in [-0.3, -0.25) is 4.90 Å². The van der Waals surface area contributed by atoms with E-state index in [-0.39, 0.29) is 17.4 Å². The molecule has 6 heteroatoms. The van der Waals surface area contributed by atoms with Gasteiger partial charge in [-0.25, -0.2) is 9.59 Å². The molecule has 0 aliphatic carbocycles. The van der Waals surface area contributed by atoms with Crippen molar-refractivity contribution in [2.75, 3.05) is 5.75 Å². The fraction of sp³-hybridized carbons (Fsp3) is 0.800. The normalized spacial score (nSPS) is 26.6. The number of carbonyl (C=O) groups excluding carboxylic acids is 1. The van der Waals surface area contributed by atoms with Crippen LogP contribution in [0.1, 0.15) is 27.2 Å². The van der Waals surface area contributed by atoms with E-state index in [1.807, 2.05) is 20.8 Å². The van der Waals surface area contributed by atoms with Crippen molar-refractivity contribution in [3.05, 3.63) is 0 Å². The Balaban J connectivity index is 2.68. The van der Waals surface area contributed by atoms with Crippen LogP contribution in [0.5, 0.6) is 0 Å². The van der Waals surface area contributed by atoms with Gasteiger partial charge < -0.3 is 10.4 Å². The number of urea groups is 1. The molecule has 92 valence electrons. The molecule has 3 unspecified atom stereocenters. The number of hydrogen-bond donors (Lipinski definition) is 2. The number of carboxylic acid groups (broad SMARTS) is 1. The molecule has 3 atom stereocenters. The predicted molar refractivity (Wildman–Crippen MR) is 63.5 cm³/mol. The summed E-state index contributed by atoms with van der Waals surface area (Å²) in [6.45, 7) is 5.73. The van der Waals surface area contributed by atoms with Gasteiger partial charge >= 0.3 is 12.0 Å². The monoisotopic (exact) mass is 246 g/mol. The standard InChI is InChI=1S/C10H18N2O3S/c1-4-6(2)11-10(15)12-7(3)16-5-8(12)9(13)14/h6-8H,4-5H2,1-3H3,(H,11,15)(H,13,14). The lowest BCUT2D eigenvalue weighted by atomic mass is 10.2. The number of hydrogen-bond acceptors (Lipinski definition) is 3. The molecule has 2 amide bonds. The van der Waals surface area contributed by atoms with E-state index < -0.39 is 12.0 Å². The van der Waals surface area contributed by atoms with Gasteiger partial charge in [0, 0.05) is 11.8 Å².